The summed E-state index contributed by atoms with van der Waals surface area (Å²) in [5.41, 5.74) is -2.19. The Morgan fingerprint density at radius 2 is 1.58 bits per heavy atom. The first-order chi connectivity index (χ1) is 17.9. The summed E-state index contributed by atoms with van der Waals surface area (Å²) in [7, 11) is 0. The molecule has 1 aromatic heterocycles. The fourth-order valence-corrected chi connectivity index (χ4v) is 3.72. The van der Waals surface area contributed by atoms with Crippen molar-refractivity contribution in [2.24, 2.45) is 0 Å². The molecule has 7 nitrogen and oxygen atoms in total. The van der Waals surface area contributed by atoms with Crippen LogP contribution in [-0.4, -0.2) is 35.2 Å². The third-order valence-electron chi connectivity index (χ3n) is 5.65. The number of imidazole rings is 1. The van der Waals surface area contributed by atoms with Crippen molar-refractivity contribution >= 4 is 0 Å². The standard InChI is InChI=1S/C24H14F7N7/c1-12-15(3-2-4-18(12)25)21-33-20-10-32-38(37-22(20)34-21)11-14-6-8-19(36-35-14)16-7-5-13(23(26,27)28)9-17(16)24(29,30)31/h2-10H,11H2,1H3. The molecule has 3 aromatic rings. The van der Waals surface area contributed by atoms with Gasteiger partial charge in [-0.15, -0.1) is 5.10 Å². The number of hydrogen-bond acceptors (Lipinski definition) is 6. The zero-order valence-electron chi connectivity index (χ0n) is 19.2. The van der Waals surface area contributed by atoms with Crippen molar-refractivity contribution in [3.05, 3.63) is 82.9 Å². The quantitative estimate of drug-likeness (QED) is 0.271. The van der Waals surface area contributed by atoms with E-state index in [9.17, 15) is 30.7 Å². The minimum absolute atomic E-state index is 0.0381. The Morgan fingerprint density at radius 3 is 2.26 bits per heavy atom. The summed E-state index contributed by atoms with van der Waals surface area (Å²) >= 11 is 0. The number of hydrogen-bond donors (Lipinski definition) is 0. The van der Waals surface area contributed by atoms with E-state index in [1.54, 1.807) is 13.0 Å². The molecule has 0 atom stereocenters. The van der Waals surface area contributed by atoms with E-state index >= 15 is 0 Å². The van der Waals surface area contributed by atoms with Gasteiger partial charge in [0.1, 0.15) is 18.1 Å². The predicted octanol–water partition coefficient (Wildman–Crippen LogP) is 5.83. The van der Waals surface area contributed by atoms with Crippen LogP contribution in [0.4, 0.5) is 30.7 Å². The van der Waals surface area contributed by atoms with Crippen molar-refractivity contribution in [1.82, 2.24) is 35.2 Å². The molecule has 0 saturated carbocycles. The van der Waals surface area contributed by atoms with E-state index in [1.165, 1.54) is 35.3 Å². The predicted molar refractivity (Wildman–Crippen MR) is 119 cm³/mol. The lowest BCUT2D eigenvalue weighted by Gasteiger charge is -2.15. The highest BCUT2D eigenvalue weighted by Crippen LogP contribution is 2.40. The SMILES string of the molecule is Cc1c(F)cccc1-c1nc2cnn(Cc3ccc(-c4ccc(C(F)(F)F)cc4C(F)(F)F)nn3)nc-2n1. The van der Waals surface area contributed by atoms with Crippen LogP contribution in [0, 0.1) is 12.7 Å². The fraction of sp³-hybridized carbons (Fsp3) is 0.167. The molecule has 0 bridgehead atoms. The Hall–Kier alpha value is -4.49. The molecule has 0 saturated heterocycles. The molecule has 194 valence electrons. The second-order valence-corrected chi connectivity index (χ2v) is 8.21. The van der Waals surface area contributed by atoms with E-state index in [0.717, 1.165) is 0 Å². The third-order valence-corrected chi connectivity index (χ3v) is 5.65. The average Bonchev–Trinajstić information content (AvgIpc) is 3.28. The Morgan fingerprint density at radius 1 is 0.789 bits per heavy atom. The van der Waals surface area contributed by atoms with Crippen molar-refractivity contribution in [2.45, 2.75) is 25.8 Å². The molecule has 0 N–H and O–H groups in total. The van der Waals surface area contributed by atoms with Gasteiger partial charge in [-0.3, -0.25) is 0 Å². The molecule has 0 amide bonds. The van der Waals surface area contributed by atoms with Crippen LogP contribution in [0.3, 0.4) is 0 Å². The summed E-state index contributed by atoms with van der Waals surface area (Å²) in [6.45, 7) is 1.56. The van der Waals surface area contributed by atoms with Gasteiger partial charge in [-0.25, -0.2) is 14.4 Å². The van der Waals surface area contributed by atoms with Crippen molar-refractivity contribution in [1.29, 1.82) is 0 Å². The van der Waals surface area contributed by atoms with Crippen molar-refractivity contribution in [3.8, 4) is 34.2 Å². The maximum atomic E-state index is 13.9. The highest BCUT2D eigenvalue weighted by Gasteiger charge is 2.38. The number of halogens is 7. The van der Waals surface area contributed by atoms with E-state index in [-0.39, 0.29) is 35.6 Å². The monoisotopic (exact) mass is 533 g/mol. The van der Waals surface area contributed by atoms with E-state index in [4.69, 9.17) is 0 Å². The molecular weight excluding hydrogens is 519 g/mol. The lowest BCUT2D eigenvalue weighted by molar-refractivity contribution is -0.142. The second kappa shape index (κ2) is 9.11. The highest BCUT2D eigenvalue weighted by molar-refractivity contribution is 5.66. The minimum Gasteiger partial charge on any atom is -0.223 e. The zero-order chi connectivity index (χ0) is 27.2. The van der Waals surface area contributed by atoms with Crippen LogP contribution in [0.25, 0.3) is 34.2 Å². The van der Waals surface area contributed by atoms with Crippen molar-refractivity contribution < 1.29 is 30.7 Å². The van der Waals surface area contributed by atoms with Crippen molar-refractivity contribution in [3.63, 3.8) is 0 Å². The van der Waals surface area contributed by atoms with Crippen LogP contribution in [0.15, 0.2) is 54.7 Å². The summed E-state index contributed by atoms with van der Waals surface area (Å²) in [6, 6.07) is 8.42. The zero-order valence-corrected chi connectivity index (χ0v) is 19.2. The molecule has 38 heavy (non-hydrogen) atoms. The summed E-state index contributed by atoms with van der Waals surface area (Å²) in [5.74, 6) is 0.0891. The number of rotatable bonds is 4. The molecule has 14 heteroatoms. The van der Waals surface area contributed by atoms with Gasteiger partial charge in [0, 0.05) is 11.1 Å². The van der Waals surface area contributed by atoms with Crippen molar-refractivity contribution in [2.75, 3.05) is 0 Å². The third kappa shape index (κ3) is 4.88. The highest BCUT2D eigenvalue weighted by atomic mass is 19.4. The van der Waals surface area contributed by atoms with Gasteiger partial charge in [0.05, 0.1) is 28.7 Å². The number of benzene rings is 2. The number of aromatic nitrogens is 7. The Balaban J connectivity index is 1.41. The molecule has 2 aliphatic heterocycles. The smallest absolute Gasteiger partial charge is 0.223 e. The van der Waals surface area contributed by atoms with Crippen LogP contribution in [-0.2, 0) is 18.9 Å². The van der Waals surface area contributed by atoms with Gasteiger partial charge in [-0.1, -0.05) is 18.2 Å². The lowest BCUT2D eigenvalue weighted by Crippen LogP contribution is -2.13. The molecule has 0 spiro atoms. The van der Waals surface area contributed by atoms with Gasteiger partial charge in [-0.05, 0) is 42.8 Å². The molecule has 2 aromatic carbocycles. The largest absolute Gasteiger partial charge is 0.417 e. The first-order valence-electron chi connectivity index (χ1n) is 10.8. The summed E-state index contributed by atoms with van der Waals surface area (Å²) in [4.78, 5) is 9.86. The Kier molecular flexibility index (Phi) is 6.04. The number of fused-ring (bicyclic) bond motifs is 1. The van der Waals surface area contributed by atoms with E-state index in [2.05, 4.69) is 30.4 Å². The van der Waals surface area contributed by atoms with Crippen LogP contribution in [0.5, 0.6) is 0 Å². The summed E-state index contributed by atoms with van der Waals surface area (Å²) < 4.78 is 93.2. The Labute approximate surface area is 209 Å². The van der Waals surface area contributed by atoms with Gasteiger partial charge in [0.25, 0.3) is 0 Å². The van der Waals surface area contributed by atoms with Gasteiger partial charge < -0.3 is 0 Å². The van der Waals surface area contributed by atoms with E-state index < -0.39 is 34.9 Å². The normalized spacial score (nSPS) is 12.3. The molecule has 3 heterocycles. The van der Waals surface area contributed by atoms with Crippen LogP contribution >= 0.6 is 0 Å². The van der Waals surface area contributed by atoms with Crippen LogP contribution in [0.2, 0.25) is 0 Å². The lowest BCUT2D eigenvalue weighted by atomic mass is 10.0. The maximum Gasteiger partial charge on any atom is 0.417 e. The molecule has 0 radical (unpaired) electrons. The van der Waals surface area contributed by atoms with Crippen LogP contribution < -0.4 is 0 Å². The molecule has 2 aliphatic rings. The Bertz CT molecular complexity index is 1590. The summed E-state index contributed by atoms with van der Waals surface area (Å²) in [5, 5.41) is 16.0. The molecule has 5 rings (SSSR count). The van der Waals surface area contributed by atoms with Crippen LogP contribution in [0.1, 0.15) is 22.4 Å². The number of alkyl halides is 6. The van der Waals surface area contributed by atoms with Gasteiger partial charge in [0.15, 0.2) is 5.82 Å². The van der Waals surface area contributed by atoms with Gasteiger partial charge in [0.2, 0.25) is 5.82 Å². The number of nitrogens with zero attached hydrogens (tertiary/aromatic N) is 7. The molecule has 0 fully saturated rings. The maximum absolute atomic E-state index is 13.9. The molecular formula is C24H14F7N7. The van der Waals surface area contributed by atoms with E-state index in [1.807, 2.05) is 0 Å². The fourth-order valence-electron chi connectivity index (χ4n) is 3.72. The topological polar surface area (TPSA) is 82.3 Å². The molecule has 0 unspecified atom stereocenters. The first-order valence-corrected chi connectivity index (χ1v) is 10.8. The van der Waals surface area contributed by atoms with Gasteiger partial charge >= 0.3 is 12.4 Å². The summed E-state index contributed by atoms with van der Waals surface area (Å²) in [6.07, 6.45) is -8.58. The van der Waals surface area contributed by atoms with E-state index in [0.29, 0.717) is 29.0 Å². The minimum atomic E-state index is -5.04. The first kappa shape index (κ1) is 25.2. The van der Waals surface area contributed by atoms with Gasteiger partial charge in [-0.2, -0.15) is 46.4 Å². The average molecular weight is 533 g/mol. The second-order valence-electron chi connectivity index (χ2n) is 8.21. The molecule has 0 aliphatic carbocycles.